The Labute approximate surface area is 197 Å². The molecule has 0 fully saturated rings. The van der Waals surface area contributed by atoms with Crippen molar-refractivity contribution in [1.82, 2.24) is 5.32 Å². The molecule has 6 nitrogen and oxygen atoms in total. The summed E-state index contributed by atoms with van der Waals surface area (Å²) in [6.45, 7) is 4.81. The van der Waals surface area contributed by atoms with Gasteiger partial charge in [-0.3, -0.25) is 9.59 Å². The third-order valence-electron chi connectivity index (χ3n) is 6.17. The summed E-state index contributed by atoms with van der Waals surface area (Å²) in [7, 11) is 0. The van der Waals surface area contributed by atoms with E-state index in [0.29, 0.717) is 24.3 Å². The van der Waals surface area contributed by atoms with Crippen molar-refractivity contribution >= 4 is 34.4 Å². The van der Waals surface area contributed by atoms with Gasteiger partial charge in [-0.25, -0.2) is 0 Å². The maximum absolute atomic E-state index is 13.5. The second-order valence-electron chi connectivity index (χ2n) is 9.38. The summed E-state index contributed by atoms with van der Waals surface area (Å²) >= 11 is 1.61. The first kappa shape index (κ1) is 21.5. The molecule has 1 aliphatic heterocycles. The number of carbonyl (C=O) groups is 2. The van der Waals surface area contributed by atoms with E-state index in [4.69, 9.17) is 4.42 Å². The van der Waals surface area contributed by atoms with Crippen LogP contribution in [0.5, 0.6) is 0 Å². The minimum Gasteiger partial charge on any atom is -0.467 e. The van der Waals surface area contributed by atoms with E-state index in [1.165, 1.54) is 0 Å². The Morgan fingerprint density at radius 2 is 2.03 bits per heavy atom. The first-order chi connectivity index (χ1) is 15.9. The van der Waals surface area contributed by atoms with E-state index >= 15 is 0 Å². The molecule has 2 aromatic heterocycles. The maximum atomic E-state index is 13.5. The van der Waals surface area contributed by atoms with Gasteiger partial charge in [-0.05, 0) is 47.5 Å². The van der Waals surface area contributed by atoms with Gasteiger partial charge in [-0.15, -0.1) is 11.3 Å². The van der Waals surface area contributed by atoms with Crippen molar-refractivity contribution in [2.24, 2.45) is 5.41 Å². The molecular weight excluding hydrogens is 434 g/mol. The summed E-state index contributed by atoms with van der Waals surface area (Å²) < 4.78 is 5.84. The van der Waals surface area contributed by atoms with Gasteiger partial charge < -0.3 is 20.0 Å². The number of thiophene rings is 1. The number of carbonyl (C=O) groups excluding carboxylic acids is 2. The average Bonchev–Trinajstić information content (AvgIpc) is 3.46. The highest BCUT2D eigenvalue weighted by Crippen LogP contribution is 2.48. The largest absolute Gasteiger partial charge is 0.467 e. The number of furan rings is 1. The van der Waals surface area contributed by atoms with Gasteiger partial charge in [-0.2, -0.15) is 0 Å². The van der Waals surface area contributed by atoms with Crippen molar-refractivity contribution in [2.75, 3.05) is 16.8 Å². The SMILES string of the molecule is CC1(C)CC(=O)C2=C(C1)Nc1ccccc1N(CC(=O)NCc1cccs1)[C@H]2c1ccco1. The molecule has 1 amide bonds. The van der Waals surface area contributed by atoms with Crippen LogP contribution in [0.15, 0.2) is 75.9 Å². The zero-order chi connectivity index (χ0) is 23.0. The molecule has 0 unspecified atom stereocenters. The average molecular weight is 462 g/mol. The Bertz CT molecular complexity index is 1200. The van der Waals surface area contributed by atoms with Crippen LogP contribution in [-0.4, -0.2) is 18.2 Å². The number of benzene rings is 1. The highest BCUT2D eigenvalue weighted by molar-refractivity contribution is 7.09. The summed E-state index contributed by atoms with van der Waals surface area (Å²) in [4.78, 5) is 29.7. The number of Topliss-reactive ketones (excluding diaryl/α,β-unsaturated/α-hetero) is 1. The molecule has 5 rings (SSSR count). The molecule has 1 atom stereocenters. The van der Waals surface area contributed by atoms with Crippen LogP contribution in [0.25, 0.3) is 0 Å². The highest BCUT2D eigenvalue weighted by Gasteiger charge is 2.42. The Balaban J connectivity index is 1.57. The number of amides is 1. The van der Waals surface area contributed by atoms with Gasteiger partial charge in [0.1, 0.15) is 11.8 Å². The molecule has 3 heterocycles. The molecule has 0 spiro atoms. The molecule has 33 heavy (non-hydrogen) atoms. The zero-order valence-corrected chi connectivity index (χ0v) is 19.6. The van der Waals surface area contributed by atoms with Crippen LogP contribution in [0.1, 0.15) is 43.4 Å². The fourth-order valence-corrected chi connectivity index (χ4v) is 5.42. The van der Waals surface area contributed by atoms with Crippen LogP contribution < -0.4 is 15.5 Å². The summed E-state index contributed by atoms with van der Waals surface area (Å²) in [5, 5.41) is 8.56. The monoisotopic (exact) mass is 461 g/mol. The number of anilines is 2. The van der Waals surface area contributed by atoms with E-state index in [1.807, 2.05) is 58.8 Å². The van der Waals surface area contributed by atoms with Crippen LogP contribution in [0.4, 0.5) is 11.4 Å². The van der Waals surface area contributed by atoms with Gasteiger partial charge in [0.15, 0.2) is 5.78 Å². The second kappa shape index (κ2) is 8.56. The predicted molar refractivity (Wildman–Crippen MR) is 130 cm³/mol. The highest BCUT2D eigenvalue weighted by atomic mass is 32.1. The van der Waals surface area contributed by atoms with Crippen molar-refractivity contribution in [3.8, 4) is 0 Å². The summed E-state index contributed by atoms with van der Waals surface area (Å²) in [6, 6.07) is 15.1. The van der Waals surface area contributed by atoms with E-state index in [1.54, 1.807) is 17.6 Å². The van der Waals surface area contributed by atoms with Crippen molar-refractivity contribution in [3.05, 3.63) is 82.1 Å². The van der Waals surface area contributed by atoms with Crippen LogP contribution in [0.3, 0.4) is 0 Å². The first-order valence-electron chi connectivity index (χ1n) is 11.1. The van der Waals surface area contributed by atoms with E-state index < -0.39 is 6.04 Å². The molecule has 1 aromatic carbocycles. The molecule has 0 saturated carbocycles. The number of hydrogen-bond acceptors (Lipinski definition) is 6. The summed E-state index contributed by atoms with van der Waals surface area (Å²) in [5.74, 6) is 0.634. The minimum atomic E-state index is -0.484. The van der Waals surface area contributed by atoms with Gasteiger partial charge in [-0.1, -0.05) is 32.0 Å². The minimum absolute atomic E-state index is 0.0898. The van der Waals surface area contributed by atoms with Crippen molar-refractivity contribution in [2.45, 2.75) is 39.3 Å². The Morgan fingerprint density at radius 3 is 2.79 bits per heavy atom. The topological polar surface area (TPSA) is 74.6 Å². The van der Waals surface area contributed by atoms with Crippen molar-refractivity contribution in [1.29, 1.82) is 0 Å². The van der Waals surface area contributed by atoms with Crippen LogP contribution in [0.2, 0.25) is 0 Å². The van der Waals surface area contributed by atoms with Gasteiger partial charge >= 0.3 is 0 Å². The zero-order valence-electron chi connectivity index (χ0n) is 18.8. The smallest absolute Gasteiger partial charge is 0.239 e. The van der Waals surface area contributed by atoms with Crippen molar-refractivity contribution < 1.29 is 14.0 Å². The normalized spacial score (nSPS) is 19.4. The fraction of sp³-hybridized carbons (Fsp3) is 0.308. The molecule has 170 valence electrons. The van der Waals surface area contributed by atoms with E-state index in [-0.39, 0.29) is 23.7 Å². The summed E-state index contributed by atoms with van der Waals surface area (Å²) in [5.41, 5.74) is 3.21. The van der Waals surface area contributed by atoms with E-state index in [2.05, 4.69) is 24.5 Å². The van der Waals surface area contributed by atoms with E-state index in [0.717, 1.165) is 28.4 Å². The third-order valence-corrected chi connectivity index (χ3v) is 7.05. The number of para-hydroxylation sites is 2. The van der Waals surface area contributed by atoms with Crippen LogP contribution in [0, 0.1) is 5.41 Å². The van der Waals surface area contributed by atoms with Crippen molar-refractivity contribution in [3.63, 3.8) is 0 Å². The van der Waals surface area contributed by atoms with E-state index in [9.17, 15) is 9.59 Å². The number of fused-ring (bicyclic) bond motifs is 1. The molecule has 1 aliphatic carbocycles. The van der Waals surface area contributed by atoms with Crippen LogP contribution in [-0.2, 0) is 16.1 Å². The Morgan fingerprint density at radius 1 is 1.18 bits per heavy atom. The lowest BCUT2D eigenvalue weighted by Gasteiger charge is -2.36. The number of rotatable bonds is 5. The first-order valence-corrected chi connectivity index (χ1v) is 12.0. The molecule has 0 saturated heterocycles. The Hall–Kier alpha value is -3.32. The molecular formula is C26H27N3O3S. The van der Waals surface area contributed by atoms with Gasteiger partial charge in [0, 0.05) is 22.6 Å². The molecule has 2 aliphatic rings. The maximum Gasteiger partial charge on any atom is 0.239 e. The molecule has 7 heteroatoms. The molecule has 0 radical (unpaired) electrons. The lowest BCUT2D eigenvalue weighted by Crippen LogP contribution is -2.41. The molecule has 3 aromatic rings. The number of nitrogens with zero attached hydrogens (tertiary/aromatic N) is 1. The second-order valence-corrected chi connectivity index (χ2v) is 10.4. The quantitative estimate of drug-likeness (QED) is 0.541. The van der Waals surface area contributed by atoms with Crippen LogP contribution >= 0.6 is 11.3 Å². The lowest BCUT2D eigenvalue weighted by molar-refractivity contribution is -0.121. The predicted octanol–water partition coefficient (Wildman–Crippen LogP) is 5.27. The summed E-state index contributed by atoms with van der Waals surface area (Å²) in [6.07, 6.45) is 2.82. The molecule has 2 N–H and O–H groups in total. The number of hydrogen-bond donors (Lipinski definition) is 2. The lowest BCUT2D eigenvalue weighted by atomic mass is 9.74. The molecule has 0 bridgehead atoms. The number of ketones is 1. The third kappa shape index (κ3) is 4.33. The Kier molecular flexibility index (Phi) is 5.58. The van der Waals surface area contributed by atoms with Gasteiger partial charge in [0.25, 0.3) is 0 Å². The fourth-order valence-electron chi connectivity index (χ4n) is 4.78. The standard InChI is InChI=1S/C26H27N3O3S/c1-26(2)13-19-24(21(30)14-26)25(22-10-5-11-32-22)29(20-9-4-3-8-18(20)28-19)16-23(31)27-15-17-7-6-12-33-17/h3-12,25,28H,13-16H2,1-2H3,(H,27,31)/t25-/m0/s1. The number of allylic oxidation sites excluding steroid dienone is 1. The number of nitrogens with one attached hydrogen (secondary N) is 2. The van der Waals surface area contributed by atoms with Gasteiger partial charge in [0.2, 0.25) is 5.91 Å². The van der Waals surface area contributed by atoms with Gasteiger partial charge in [0.05, 0.1) is 30.7 Å².